The van der Waals surface area contributed by atoms with Crippen molar-refractivity contribution in [3.8, 4) is 11.1 Å². The maximum absolute atomic E-state index is 15.1. The van der Waals surface area contributed by atoms with Crippen LogP contribution in [0.3, 0.4) is 0 Å². The maximum atomic E-state index is 15.1. The van der Waals surface area contributed by atoms with Gasteiger partial charge in [0.15, 0.2) is 5.67 Å². The summed E-state index contributed by atoms with van der Waals surface area (Å²) < 4.78 is 55.1. The van der Waals surface area contributed by atoms with E-state index in [1.165, 1.54) is 25.3 Å². The summed E-state index contributed by atoms with van der Waals surface area (Å²) in [6, 6.07) is 4.88. The number of pyridine rings is 1. The lowest BCUT2D eigenvalue weighted by atomic mass is 10.0. The normalized spacial score (nSPS) is 28.4. The first-order valence-electron chi connectivity index (χ1n) is 10.2. The van der Waals surface area contributed by atoms with Crippen LogP contribution in [0, 0.1) is 23.5 Å². The maximum Gasteiger partial charge on any atom is 0.414 e. The summed E-state index contributed by atoms with van der Waals surface area (Å²) in [7, 11) is 0. The Balaban J connectivity index is 1.35. The van der Waals surface area contributed by atoms with Gasteiger partial charge in [0, 0.05) is 42.1 Å². The summed E-state index contributed by atoms with van der Waals surface area (Å²) in [6.45, 7) is 2.08. The zero-order chi connectivity index (χ0) is 22.6. The van der Waals surface area contributed by atoms with Crippen LogP contribution in [0.5, 0.6) is 0 Å². The van der Waals surface area contributed by atoms with Crippen LogP contribution in [-0.2, 0) is 19.9 Å². The lowest BCUT2D eigenvalue weighted by Gasteiger charge is -2.16. The summed E-state index contributed by atoms with van der Waals surface area (Å²) in [6.07, 6.45) is -0.188. The van der Waals surface area contributed by atoms with Gasteiger partial charge in [0.05, 0.1) is 37.7 Å². The largest absolute Gasteiger partial charge is 0.442 e. The summed E-state index contributed by atoms with van der Waals surface area (Å²) in [5, 5.41) is 2.52. The molecule has 2 aromatic rings. The molecule has 32 heavy (non-hydrogen) atoms. The highest BCUT2D eigenvalue weighted by atomic mass is 19.1. The Hall–Kier alpha value is -3.14. The third kappa shape index (κ3) is 3.29. The Kier molecular flexibility index (Phi) is 4.85. The number of halogens is 3. The van der Waals surface area contributed by atoms with E-state index >= 15 is 4.39 Å². The average Bonchev–Trinajstić information content (AvgIpc) is 3.13. The summed E-state index contributed by atoms with van der Waals surface area (Å²) >= 11 is 0. The van der Waals surface area contributed by atoms with Crippen molar-refractivity contribution in [3.63, 3.8) is 0 Å². The molecule has 2 amide bonds. The summed E-state index contributed by atoms with van der Waals surface area (Å²) in [4.78, 5) is 28.3. The predicted octanol–water partition coefficient (Wildman–Crippen LogP) is 2.93. The van der Waals surface area contributed by atoms with Gasteiger partial charge in [-0.25, -0.2) is 18.0 Å². The summed E-state index contributed by atoms with van der Waals surface area (Å²) in [5.41, 5.74) is -1.29. The van der Waals surface area contributed by atoms with E-state index in [0.717, 1.165) is 17.0 Å². The average molecular weight is 447 g/mol. The third-order valence-electron chi connectivity index (χ3n) is 6.30. The van der Waals surface area contributed by atoms with E-state index in [1.807, 2.05) is 0 Å². The molecule has 10 heteroatoms. The van der Waals surface area contributed by atoms with E-state index in [4.69, 9.17) is 9.47 Å². The molecule has 0 radical (unpaired) electrons. The van der Waals surface area contributed by atoms with Crippen LogP contribution in [0.15, 0.2) is 30.5 Å². The first-order chi connectivity index (χ1) is 15.3. The second-order valence-electron chi connectivity index (χ2n) is 8.29. The van der Waals surface area contributed by atoms with Crippen LogP contribution in [0.2, 0.25) is 0 Å². The van der Waals surface area contributed by atoms with Crippen LogP contribution in [-0.4, -0.2) is 49.4 Å². The first kappa shape index (κ1) is 20.7. The predicted molar refractivity (Wildman–Crippen MR) is 106 cm³/mol. The fourth-order valence-electron chi connectivity index (χ4n) is 4.50. The third-order valence-corrected chi connectivity index (χ3v) is 6.30. The van der Waals surface area contributed by atoms with Gasteiger partial charge in [-0.1, -0.05) is 6.07 Å². The molecule has 3 fully saturated rings. The second kappa shape index (κ2) is 7.47. The lowest BCUT2D eigenvalue weighted by molar-refractivity contribution is -0.119. The smallest absolute Gasteiger partial charge is 0.414 e. The zero-order valence-corrected chi connectivity index (χ0v) is 17.1. The number of amides is 2. The number of aromatic nitrogens is 1. The Labute approximate surface area is 181 Å². The SMILES string of the molecule is CC(=O)NC[C@H]1CN(c2cc(F)c(-c3ccc(C4(F)[C@@H]5COC[C@@H]54)nc3)cc2F)C(=O)O1. The lowest BCUT2D eigenvalue weighted by Crippen LogP contribution is -2.33. The number of rotatable bonds is 5. The Morgan fingerprint density at radius 2 is 2.00 bits per heavy atom. The number of carbonyl (C=O) groups excluding carboxylic acids is 2. The molecule has 2 saturated heterocycles. The Bertz CT molecular complexity index is 1080. The van der Waals surface area contributed by atoms with E-state index < -0.39 is 29.5 Å². The number of nitrogens with zero attached hydrogens (tertiary/aromatic N) is 2. The van der Waals surface area contributed by atoms with Crippen molar-refractivity contribution in [2.45, 2.75) is 18.7 Å². The van der Waals surface area contributed by atoms with Gasteiger partial charge in [0.1, 0.15) is 17.7 Å². The van der Waals surface area contributed by atoms with Gasteiger partial charge >= 0.3 is 6.09 Å². The molecule has 1 saturated carbocycles. The van der Waals surface area contributed by atoms with Crippen molar-refractivity contribution in [1.82, 2.24) is 10.3 Å². The first-order valence-corrected chi connectivity index (χ1v) is 10.2. The molecular formula is C22H20F3N3O4. The molecule has 1 aliphatic carbocycles. The number of nitrogens with one attached hydrogen (secondary N) is 1. The van der Waals surface area contributed by atoms with Crippen molar-refractivity contribution < 1.29 is 32.2 Å². The monoisotopic (exact) mass is 447 g/mol. The van der Waals surface area contributed by atoms with Crippen molar-refractivity contribution >= 4 is 17.7 Å². The zero-order valence-electron chi connectivity index (χ0n) is 17.1. The number of alkyl halides is 1. The Morgan fingerprint density at radius 3 is 2.66 bits per heavy atom. The quantitative estimate of drug-likeness (QED) is 0.763. The molecule has 3 aliphatic rings. The van der Waals surface area contributed by atoms with Gasteiger partial charge < -0.3 is 14.8 Å². The second-order valence-corrected chi connectivity index (χ2v) is 8.29. The number of hydrogen-bond donors (Lipinski definition) is 1. The highest BCUT2D eigenvalue weighted by Crippen LogP contribution is 2.63. The number of carbonyl (C=O) groups is 2. The number of fused-ring (bicyclic) bond motifs is 1. The molecule has 0 bridgehead atoms. The molecule has 5 rings (SSSR count). The molecule has 4 atom stereocenters. The van der Waals surface area contributed by atoms with Crippen molar-refractivity contribution in [2.24, 2.45) is 11.8 Å². The number of benzene rings is 1. The van der Waals surface area contributed by atoms with Gasteiger partial charge in [0.2, 0.25) is 5.91 Å². The molecule has 3 heterocycles. The molecule has 2 aliphatic heterocycles. The van der Waals surface area contributed by atoms with Gasteiger partial charge in [-0.15, -0.1) is 0 Å². The molecule has 7 nitrogen and oxygen atoms in total. The van der Waals surface area contributed by atoms with Crippen LogP contribution in [0.1, 0.15) is 12.6 Å². The minimum Gasteiger partial charge on any atom is -0.442 e. The standard InChI is InChI=1S/C22H20F3N3O4/c1-11(29)26-7-13-8-28(21(30)32-13)19-5-17(23)14(4-18(19)24)12-2-3-20(27-6-12)22(25)15-9-31-10-16(15)22/h2-6,13,15-16H,7-10H2,1H3,(H,26,29)/t13-,15-,16+,22?/m0/s1. The number of anilines is 1. The summed E-state index contributed by atoms with van der Waals surface area (Å²) in [5.74, 6) is -2.29. The fraction of sp³-hybridized carbons (Fsp3) is 0.409. The Morgan fingerprint density at radius 1 is 1.25 bits per heavy atom. The topological polar surface area (TPSA) is 80.8 Å². The molecule has 0 spiro atoms. The number of ether oxygens (including phenoxy) is 2. The van der Waals surface area contributed by atoms with Crippen molar-refractivity contribution in [1.29, 1.82) is 0 Å². The van der Waals surface area contributed by atoms with Crippen LogP contribution in [0.25, 0.3) is 11.1 Å². The van der Waals surface area contributed by atoms with Crippen LogP contribution >= 0.6 is 0 Å². The molecular weight excluding hydrogens is 427 g/mol. The van der Waals surface area contributed by atoms with E-state index in [9.17, 15) is 18.4 Å². The number of cyclic esters (lactones) is 1. The van der Waals surface area contributed by atoms with E-state index in [1.54, 1.807) is 0 Å². The van der Waals surface area contributed by atoms with Gasteiger partial charge in [-0.05, 0) is 12.1 Å². The minimum atomic E-state index is -1.52. The minimum absolute atomic E-state index is 0.0320. The van der Waals surface area contributed by atoms with E-state index in [0.29, 0.717) is 13.2 Å². The molecule has 1 unspecified atom stereocenters. The van der Waals surface area contributed by atoms with Crippen molar-refractivity contribution in [3.05, 3.63) is 47.8 Å². The van der Waals surface area contributed by atoms with Gasteiger partial charge in [0.25, 0.3) is 0 Å². The van der Waals surface area contributed by atoms with E-state index in [2.05, 4.69) is 10.3 Å². The highest BCUT2D eigenvalue weighted by Gasteiger charge is 2.70. The van der Waals surface area contributed by atoms with Crippen LogP contribution in [0.4, 0.5) is 23.7 Å². The van der Waals surface area contributed by atoms with E-state index in [-0.39, 0.29) is 53.3 Å². The molecule has 1 aromatic heterocycles. The molecule has 1 aromatic carbocycles. The molecule has 168 valence electrons. The van der Waals surface area contributed by atoms with Gasteiger partial charge in [-0.2, -0.15) is 0 Å². The van der Waals surface area contributed by atoms with Crippen LogP contribution < -0.4 is 10.2 Å². The van der Waals surface area contributed by atoms with Gasteiger partial charge in [-0.3, -0.25) is 14.7 Å². The fourth-order valence-corrected chi connectivity index (χ4v) is 4.50. The van der Waals surface area contributed by atoms with Crippen molar-refractivity contribution in [2.75, 3.05) is 31.2 Å². The number of hydrogen-bond acceptors (Lipinski definition) is 5. The molecule has 1 N–H and O–H groups in total. The highest BCUT2D eigenvalue weighted by molar-refractivity contribution is 5.90.